The van der Waals surface area contributed by atoms with Crippen molar-refractivity contribution >= 4 is 11.6 Å². The fourth-order valence-electron chi connectivity index (χ4n) is 1.48. The number of nitrogen functional groups attached to an aromatic ring is 1. The van der Waals surface area contributed by atoms with Gasteiger partial charge in [-0.05, 0) is 6.92 Å². The van der Waals surface area contributed by atoms with Gasteiger partial charge in [0, 0.05) is 19.3 Å². The molecule has 0 atom stereocenters. The van der Waals surface area contributed by atoms with Crippen molar-refractivity contribution in [3.05, 3.63) is 11.9 Å². The number of amides is 1. The number of carbonyl (C=O) groups is 1. The van der Waals surface area contributed by atoms with E-state index in [9.17, 15) is 13.6 Å². The maximum Gasteiger partial charge on any atom is 0.276 e. The van der Waals surface area contributed by atoms with E-state index < -0.39 is 25.5 Å². The molecule has 3 N–H and O–H groups in total. The lowest BCUT2D eigenvalue weighted by Gasteiger charge is -2.20. The third-order valence-corrected chi connectivity index (χ3v) is 2.33. The summed E-state index contributed by atoms with van der Waals surface area (Å²) in [4.78, 5) is 12.8. The summed E-state index contributed by atoms with van der Waals surface area (Å²) in [5.74, 6) is -0.700. The van der Waals surface area contributed by atoms with E-state index in [2.05, 4.69) is 5.10 Å². The molecular formula is C10H16F2N4O2. The molecule has 0 saturated heterocycles. The molecule has 0 aromatic carbocycles. The highest BCUT2D eigenvalue weighted by Crippen LogP contribution is 2.13. The van der Waals surface area contributed by atoms with Crippen LogP contribution in [-0.4, -0.2) is 51.8 Å². The average molecular weight is 262 g/mol. The van der Waals surface area contributed by atoms with Crippen molar-refractivity contribution in [2.75, 3.05) is 25.4 Å². The number of anilines is 1. The second-order valence-corrected chi connectivity index (χ2v) is 3.65. The van der Waals surface area contributed by atoms with Crippen LogP contribution in [0.1, 0.15) is 17.4 Å². The van der Waals surface area contributed by atoms with E-state index in [-0.39, 0.29) is 17.9 Å². The molecule has 0 fully saturated rings. The minimum Gasteiger partial charge on any atom is -0.396 e. The molecule has 18 heavy (non-hydrogen) atoms. The molecule has 0 aliphatic heterocycles. The van der Waals surface area contributed by atoms with Gasteiger partial charge in [0.1, 0.15) is 0 Å². The standard InChI is InChI=1S/C10H16F2N4O2/c1-2-16-5-7(13)9(14-16)10(18)15(3-4-17)6-8(11)12/h5,8,17H,2-4,6,13H2,1H3. The highest BCUT2D eigenvalue weighted by molar-refractivity contribution is 5.97. The van der Waals surface area contributed by atoms with Crippen molar-refractivity contribution in [2.45, 2.75) is 19.9 Å². The Kier molecular flexibility index (Phi) is 5.02. The van der Waals surface area contributed by atoms with Crippen LogP contribution >= 0.6 is 0 Å². The normalized spacial score (nSPS) is 10.9. The van der Waals surface area contributed by atoms with Gasteiger partial charge in [-0.1, -0.05) is 0 Å². The molecule has 0 unspecified atom stereocenters. The zero-order chi connectivity index (χ0) is 13.7. The Hall–Kier alpha value is -1.70. The maximum atomic E-state index is 12.3. The Morgan fingerprint density at radius 3 is 2.78 bits per heavy atom. The number of halogens is 2. The summed E-state index contributed by atoms with van der Waals surface area (Å²) in [5.41, 5.74) is 5.68. The predicted molar refractivity (Wildman–Crippen MR) is 61.3 cm³/mol. The van der Waals surface area contributed by atoms with E-state index in [1.54, 1.807) is 0 Å². The molecule has 8 heteroatoms. The minimum absolute atomic E-state index is 0.0639. The minimum atomic E-state index is -2.67. The lowest BCUT2D eigenvalue weighted by molar-refractivity contribution is 0.0504. The van der Waals surface area contributed by atoms with Gasteiger partial charge in [0.15, 0.2) is 5.69 Å². The molecule has 102 valence electrons. The third-order valence-electron chi connectivity index (χ3n) is 2.33. The van der Waals surface area contributed by atoms with Crippen molar-refractivity contribution in [3.63, 3.8) is 0 Å². The Balaban J connectivity index is 2.90. The van der Waals surface area contributed by atoms with Crippen molar-refractivity contribution in [3.8, 4) is 0 Å². The van der Waals surface area contributed by atoms with Crippen LogP contribution in [0.5, 0.6) is 0 Å². The van der Waals surface area contributed by atoms with E-state index in [0.29, 0.717) is 6.54 Å². The number of hydrogen-bond acceptors (Lipinski definition) is 4. The number of aliphatic hydroxyl groups is 1. The van der Waals surface area contributed by atoms with Gasteiger partial charge in [-0.25, -0.2) is 8.78 Å². The molecule has 1 aromatic heterocycles. The summed E-state index contributed by atoms with van der Waals surface area (Å²) in [5, 5.41) is 12.7. The molecule has 1 heterocycles. The molecule has 1 amide bonds. The molecule has 0 saturated carbocycles. The number of aliphatic hydroxyl groups excluding tert-OH is 1. The van der Waals surface area contributed by atoms with Gasteiger partial charge in [0.05, 0.1) is 18.8 Å². The fourth-order valence-corrected chi connectivity index (χ4v) is 1.48. The van der Waals surface area contributed by atoms with Crippen molar-refractivity contribution in [1.82, 2.24) is 14.7 Å². The highest BCUT2D eigenvalue weighted by Gasteiger charge is 2.23. The summed E-state index contributed by atoms with van der Waals surface area (Å²) in [6.07, 6.45) is -1.21. The number of aryl methyl sites for hydroxylation is 1. The Labute approximate surface area is 103 Å². The molecule has 1 aromatic rings. The number of hydrogen-bond donors (Lipinski definition) is 2. The van der Waals surface area contributed by atoms with Crippen LogP contribution in [0, 0.1) is 0 Å². The first-order valence-electron chi connectivity index (χ1n) is 5.50. The number of nitrogens with two attached hydrogens (primary N) is 1. The molecule has 0 bridgehead atoms. The molecule has 0 spiro atoms. The summed E-state index contributed by atoms with van der Waals surface area (Å²) in [6.45, 7) is 1.00. The number of alkyl halides is 2. The first-order valence-corrected chi connectivity index (χ1v) is 5.50. The largest absolute Gasteiger partial charge is 0.396 e. The maximum absolute atomic E-state index is 12.3. The zero-order valence-corrected chi connectivity index (χ0v) is 10.0. The number of nitrogens with zero attached hydrogens (tertiary/aromatic N) is 3. The lowest BCUT2D eigenvalue weighted by Crippen LogP contribution is -2.37. The summed E-state index contributed by atoms with van der Waals surface area (Å²) < 4.78 is 26.1. The molecule has 0 aliphatic rings. The van der Waals surface area contributed by atoms with Gasteiger partial charge in [-0.2, -0.15) is 5.10 Å². The third kappa shape index (κ3) is 3.39. The Morgan fingerprint density at radius 1 is 1.67 bits per heavy atom. The van der Waals surface area contributed by atoms with Gasteiger partial charge in [-0.3, -0.25) is 9.48 Å². The molecule has 1 rings (SSSR count). The number of carbonyl (C=O) groups excluding carboxylic acids is 1. The van der Waals surface area contributed by atoms with E-state index in [1.165, 1.54) is 10.9 Å². The molecule has 0 aliphatic carbocycles. The monoisotopic (exact) mass is 262 g/mol. The van der Waals surface area contributed by atoms with Crippen LogP contribution in [-0.2, 0) is 6.54 Å². The van der Waals surface area contributed by atoms with Crippen molar-refractivity contribution < 1.29 is 18.7 Å². The van der Waals surface area contributed by atoms with E-state index in [1.807, 2.05) is 6.92 Å². The molecular weight excluding hydrogens is 246 g/mol. The second kappa shape index (κ2) is 6.29. The van der Waals surface area contributed by atoms with Crippen LogP contribution in [0.2, 0.25) is 0 Å². The van der Waals surface area contributed by atoms with Crippen LogP contribution in [0.4, 0.5) is 14.5 Å². The number of rotatable bonds is 6. The Bertz CT molecular complexity index is 409. The smallest absolute Gasteiger partial charge is 0.276 e. The van der Waals surface area contributed by atoms with Crippen LogP contribution in [0.3, 0.4) is 0 Å². The summed E-state index contributed by atoms with van der Waals surface area (Å²) >= 11 is 0. The average Bonchev–Trinajstić information content (AvgIpc) is 2.68. The fraction of sp³-hybridized carbons (Fsp3) is 0.600. The quantitative estimate of drug-likeness (QED) is 0.766. The first-order chi connectivity index (χ1) is 8.49. The first kappa shape index (κ1) is 14.4. The van der Waals surface area contributed by atoms with Gasteiger partial charge in [-0.15, -0.1) is 0 Å². The van der Waals surface area contributed by atoms with Gasteiger partial charge in [0.2, 0.25) is 0 Å². The zero-order valence-electron chi connectivity index (χ0n) is 10.0. The Morgan fingerprint density at radius 2 is 2.33 bits per heavy atom. The highest BCUT2D eigenvalue weighted by atomic mass is 19.3. The number of aromatic nitrogens is 2. The topological polar surface area (TPSA) is 84.4 Å². The van der Waals surface area contributed by atoms with Crippen LogP contribution < -0.4 is 5.73 Å². The van der Waals surface area contributed by atoms with Crippen molar-refractivity contribution in [1.29, 1.82) is 0 Å². The predicted octanol–water partition coefficient (Wildman–Crippen LogP) is 0.185. The summed E-state index contributed by atoms with van der Waals surface area (Å²) in [6, 6.07) is 0. The molecule has 0 radical (unpaired) electrons. The molecule has 6 nitrogen and oxygen atoms in total. The van der Waals surface area contributed by atoms with E-state index >= 15 is 0 Å². The lowest BCUT2D eigenvalue weighted by atomic mass is 10.3. The summed E-state index contributed by atoms with van der Waals surface area (Å²) in [7, 11) is 0. The van der Waals surface area contributed by atoms with Gasteiger partial charge in [0.25, 0.3) is 12.3 Å². The van der Waals surface area contributed by atoms with Crippen LogP contribution in [0.25, 0.3) is 0 Å². The van der Waals surface area contributed by atoms with Crippen molar-refractivity contribution in [2.24, 2.45) is 0 Å². The second-order valence-electron chi connectivity index (χ2n) is 3.65. The van der Waals surface area contributed by atoms with Gasteiger partial charge >= 0.3 is 0 Å². The van der Waals surface area contributed by atoms with E-state index in [0.717, 1.165) is 4.90 Å². The van der Waals surface area contributed by atoms with Crippen LogP contribution in [0.15, 0.2) is 6.20 Å². The van der Waals surface area contributed by atoms with E-state index in [4.69, 9.17) is 10.8 Å². The van der Waals surface area contributed by atoms with Gasteiger partial charge < -0.3 is 15.7 Å². The SMILES string of the molecule is CCn1cc(N)c(C(=O)N(CCO)CC(F)F)n1.